The Labute approximate surface area is 250 Å². The lowest BCUT2D eigenvalue weighted by Crippen LogP contribution is -2.57. The molecule has 238 valence electrons. The average Bonchev–Trinajstić information content (AvgIpc) is 2.97. The van der Waals surface area contributed by atoms with E-state index in [1.54, 1.807) is 24.3 Å². The minimum atomic E-state index is -5.08. The summed E-state index contributed by atoms with van der Waals surface area (Å²) in [5, 5.41) is 13.3. The second-order valence-corrected chi connectivity index (χ2v) is 10.2. The second-order valence-electron chi connectivity index (χ2n) is 10.2. The monoisotopic (exact) mass is 622 g/mol. The molecule has 44 heavy (non-hydrogen) atoms. The standard InChI is InChI=1S/C27H32N4O6.C2HF3O2/c28-12-5-3-1-2-4-6-13-29-23(33)16-37-18-14-17-8-7-9-19-24(17)20(15-18)27(36)31(26(19)35)21-10-11-22(32)30-25(21)34;3-2(4,5)1(6)7/h7-9,14-15,21H,1-6,10-13,16,28H2,(H,29,33)(H,30,32,34);(H,6,7). The van der Waals surface area contributed by atoms with Gasteiger partial charge in [0.15, 0.2) is 6.61 Å². The summed E-state index contributed by atoms with van der Waals surface area (Å²) in [5.41, 5.74) is 6.00. The number of hydrogen-bond acceptors (Lipinski definition) is 8. The van der Waals surface area contributed by atoms with Crippen LogP contribution in [0.1, 0.15) is 72.1 Å². The Kier molecular flexibility index (Phi) is 11.8. The normalized spacial score (nSPS) is 16.3. The number of halogens is 3. The molecule has 1 unspecified atom stereocenters. The summed E-state index contributed by atoms with van der Waals surface area (Å²) in [6, 6.07) is 7.14. The third kappa shape index (κ3) is 8.75. The molecule has 0 bridgehead atoms. The fourth-order valence-corrected chi connectivity index (χ4v) is 4.80. The number of nitrogens with zero attached hydrogens (tertiary/aromatic N) is 1. The molecule has 15 heteroatoms. The van der Waals surface area contributed by atoms with Gasteiger partial charge >= 0.3 is 12.1 Å². The molecule has 0 saturated carbocycles. The molecule has 5 N–H and O–H groups in total. The van der Waals surface area contributed by atoms with E-state index in [0.29, 0.717) is 28.6 Å². The van der Waals surface area contributed by atoms with Gasteiger partial charge in [0.1, 0.15) is 11.8 Å². The predicted octanol–water partition coefficient (Wildman–Crippen LogP) is 2.67. The second kappa shape index (κ2) is 15.3. The molecule has 2 aliphatic heterocycles. The lowest BCUT2D eigenvalue weighted by atomic mass is 9.91. The SMILES string of the molecule is NCCCCCCCCNC(=O)COc1cc2c3c(cccc3c1)C(=O)N(C1CCC(=O)NC1=O)C2=O.O=C(O)C(F)(F)F. The topological polar surface area (TPSA) is 185 Å². The number of carboxylic acids is 1. The lowest BCUT2D eigenvalue weighted by molar-refractivity contribution is -0.192. The minimum Gasteiger partial charge on any atom is -0.484 e. The molecule has 1 saturated heterocycles. The highest BCUT2D eigenvalue weighted by Gasteiger charge is 2.43. The Morgan fingerprint density at radius 3 is 2.27 bits per heavy atom. The van der Waals surface area contributed by atoms with Crippen molar-refractivity contribution in [1.82, 2.24) is 15.5 Å². The van der Waals surface area contributed by atoms with Crippen molar-refractivity contribution in [3.63, 3.8) is 0 Å². The Hall–Kier alpha value is -4.53. The first-order chi connectivity index (χ1) is 20.8. The van der Waals surface area contributed by atoms with Crippen LogP contribution in [0.5, 0.6) is 5.75 Å². The highest BCUT2D eigenvalue weighted by atomic mass is 19.4. The molecule has 0 aromatic heterocycles. The van der Waals surface area contributed by atoms with Crippen LogP contribution in [0.4, 0.5) is 13.2 Å². The van der Waals surface area contributed by atoms with Gasteiger partial charge in [-0.05, 0) is 49.4 Å². The van der Waals surface area contributed by atoms with Crippen LogP contribution in [0.3, 0.4) is 0 Å². The zero-order chi connectivity index (χ0) is 32.4. The number of benzene rings is 2. The van der Waals surface area contributed by atoms with Crippen LogP contribution in [0.25, 0.3) is 10.8 Å². The van der Waals surface area contributed by atoms with Gasteiger partial charge in [-0.25, -0.2) is 4.79 Å². The van der Waals surface area contributed by atoms with Gasteiger partial charge in [-0.3, -0.25) is 34.2 Å². The highest BCUT2D eigenvalue weighted by Crippen LogP contribution is 2.35. The molecule has 4 rings (SSSR count). The van der Waals surface area contributed by atoms with Gasteiger partial charge in [0.25, 0.3) is 17.7 Å². The summed E-state index contributed by atoms with van der Waals surface area (Å²) in [6.07, 6.45) is 1.37. The van der Waals surface area contributed by atoms with Crippen molar-refractivity contribution >= 4 is 46.3 Å². The number of aliphatic carboxylic acids is 1. The van der Waals surface area contributed by atoms with Gasteiger partial charge < -0.3 is 20.9 Å². The van der Waals surface area contributed by atoms with E-state index >= 15 is 0 Å². The quantitative estimate of drug-likeness (QED) is 0.204. The van der Waals surface area contributed by atoms with Crippen LogP contribution >= 0.6 is 0 Å². The van der Waals surface area contributed by atoms with E-state index < -0.39 is 41.8 Å². The van der Waals surface area contributed by atoms with Crippen molar-refractivity contribution in [2.75, 3.05) is 19.7 Å². The van der Waals surface area contributed by atoms with Crippen molar-refractivity contribution in [3.8, 4) is 5.75 Å². The maximum absolute atomic E-state index is 13.4. The fraction of sp³-hybridized carbons (Fsp3) is 0.448. The van der Waals surface area contributed by atoms with E-state index in [-0.39, 0.29) is 30.9 Å². The Balaban J connectivity index is 0.000000676. The lowest BCUT2D eigenvalue weighted by Gasteiger charge is -2.34. The van der Waals surface area contributed by atoms with Gasteiger partial charge in [0, 0.05) is 23.9 Å². The molecule has 2 aromatic carbocycles. The van der Waals surface area contributed by atoms with Crippen molar-refractivity contribution < 1.29 is 51.8 Å². The summed E-state index contributed by atoms with van der Waals surface area (Å²) in [7, 11) is 0. The molecule has 1 fully saturated rings. The molecule has 2 heterocycles. The Morgan fingerprint density at radius 2 is 1.64 bits per heavy atom. The van der Waals surface area contributed by atoms with Crippen LogP contribution < -0.4 is 21.1 Å². The van der Waals surface area contributed by atoms with E-state index in [4.69, 9.17) is 20.4 Å². The van der Waals surface area contributed by atoms with E-state index in [1.807, 2.05) is 0 Å². The first-order valence-corrected chi connectivity index (χ1v) is 14.0. The molecular formula is C29H33F3N4O8. The maximum atomic E-state index is 13.4. The number of imide groups is 2. The van der Waals surface area contributed by atoms with E-state index in [2.05, 4.69) is 10.6 Å². The van der Waals surface area contributed by atoms with Gasteiger partial charge in [-0.1, -0.05) is 37.8 Å². The number of piperidine rings is 1. The molecule has 0 spiro atoms. The van der Waals surface area contributed by atoms with Crippen LogP contribution in [0.2, 0.25) is 0 Å². The number of carbonyl (C=O) groups excluding carboxylic acids is 5. The molecular weight excluding hydrogens is 589 g/mol. The summed E-state index contributed by atoms with van der Waals surface area (Å²) in [6.45, 7) is 1.07. The average molecular weight is 623 g/mol. The van der Waals surface area contributed by atoms with E-state index in [9.17, 15) is 37.1 Å². The number of nitrogens with one attached hydrogen (secondary N) is 2. The van der Waals surface area contributed by atoms with E-state index in [1.165, 1.54) is 6.07 Å². The number of hydrogen-bond donors (Lipinski definition) is 4. The molecule has 0 aliphatic carbocycles. The highest BCUT2D eigenvalue weighted by molar-refractivity contribution is 6.27. The Morgan fingerprint density at radius 1 is 1.00 bits per heavy atom. The first-order valence-electron chi connectivity index (χ1n) is 14.0. The number of rotatable bonds is 12. The fourth-order valence-electron chi connectivity index (χ4n) is 4.80. The number of alkyl halides is 3. The van der Waals surface area contributed by atoms with Gasteiger partial charge in [0.05, 0.1) is 5.56 Å². The Bertz CT molecular complexity index is 1430. The first kappa shape index (κ1) is 34.0. The molecule has 0 radical (unpaired) electrons. The van der Waals surface area contributed by atoms with Gasteiger partial charge in [-0.2, -0.15) is 13.2 Å². The van der Waals surface area contributed by atoms with Crippen LogP contribution in [0, 0.1) is 0 Å². The third-order valence-electron chi connectivity index (χ3n) is 6.94. The van der Waals surface area contributed by atoms with Crippen molar-refractivity contribution in [2.24, 2.45) is 5.73 Å². The van der Waals surface area contributed by atoms with E-state index in [0.717, 1.165) is 50.0 Å². The molecule has 2 aromatic rings. The summed E-state index contributed by atoms with van der Waals surface area (Å²) in [5.74, 6) is -5.04. The van der Waals surface area contributed by atoms with Gasteiger partial charge in [-0.15, -0.1) is 0 Å². The zero-order valence-electron chi connectivity index (χ0n) is 23.7. The summed E-state index contributed by atoms with van der Waals surface area (Å²) < 4.78 is 37.4. The number of carbonyl (C=O) groups is 6. The molecule has 2 aliphatic rings. The van der Waals surface area contributed by atoms with Crippen molar-refractivity contribution in [1.29, 1.82) is 0 Å². The smallest absolute Gasteiger partial charge is 0.484 e. The summed E-state index contributed by atoms with van der Waals surface area (Å²) in [4.78, 5) is 72.7. The zero-order valence-corrected chi connectivity index (χ0v) is 23.7. The largest absolute Gasteiger partial charge is 0.490 e. The number of nitrogens with two attached hydrogens (primary N) is 1. The number of unbranched alkanes of at least 4 members (excludes halogenated alkanes) is 5. The third-order valence-corrected chi connectivity index (χ3v) is 6.94. The molecule has 1 atom stereocenters. The summed E-state index contributed by atoms with van der Waals surface area (Å²) >= 11 is 0. The molecule has 12 nitrogen and oxygen atoms in total. The van der Waals surface area contributed by atoms with Crippen LogP contribution in [-0.2, 0) is 19.2 Å². The minimum absolute atomic E-state index is 0.0388. The van der Waals surface area contributed by atoms with Gasteiger partial charge in [0.2, 0.25) is 11.8 Å². The number of ether oxygens (including phenoxy) is 1. The van der Waals surface area contributed by atoms with Crippen molar-refractivity contribution in [2.45, 2.75) is 63.6 Å². The van der Waals surface area contributed by atoms with Crippen molar-refractivity contribution in [3.05, 3.63) is 41.5 Å². The maximum Gasteiger partial charge on any atom is 0.490 e. The van der Waals surface area contributed by atoms with Crippen LogP contribution in [0.15, 0.2) is 30.3 Å². The number of carboxylic acid groups (broad SMARTS) is 1. The molecule has 5 amide bonds. The predicted molar refractivity (Wildman–Crippen MR) is 150 cm³/mol. The number of amides is 5. The van der Waals surface area contributed by atoms with Crippen LogP contribution in [-0.4, -0.2) is 77.4 Å².